The van der Waals surface area contributed by atoms with Gasteiger partial charge in [-0.25, -0.2) is 8.42 Å². The average molecular weight is 538 g/mol. The predicted octanol–water partition coefficient (Wildman–Crippen LogP) is 3.56. The molecule has 1 aliphatic heterocycles. The van der Waals surface area contributed by atoms with Gasteiger partial charge < -0.3 is 19.3 Å². The third kappa shape index (κ3) is 6.11. The number of piperazine rings is 1. The van der Waals surface area contributed by atoms with Crippen molar-refractivity contribution in [2.75, 3.05) is 45.3 Å². The van der Waals surface area contributed by atoms with Gasteiger partial charge in [-0.15, -0.1) is 0 Å². The quantitative estimate of drug-likeness (QED) is 0.449. The fourth-order valence-electron chi connectivity index (χ4n) is 4.73. The van der Waals surface area contributed by atoms with Crippen LogP contribution in [0.2, 0.25) is 0 Å². The summed E-state index contributed by atoms with van der Waals surface area (Å²) in [5, 5.41) is 0. The van der Waals surface area contributed by atoms with Gasteiger partial charge in [0.1, 0.15) is 6.04 Å². The van der Waals surface area contributed by atoms with E-state index in [1.807, 2.05) is 36.4 Å². The van der Waals surface area contributed by atoms with E-state index in [0.717, 1.165) is 5.56 Å². The minimum atomic E-state index is -4.03. The number of sulfonamides is 1. The van der Waals surface area contributed by atoms with E-state index in [0.29, 0.717) is 37.7 Å². The van der Waals surface area contributed by atoms with Crippen molar-refractivity contribution >= 4 is 21.6 Å². The van der Waals surface area contributed by atoms with Crippen molar-refractivity contribution in [3.63, 3.8) is 0 Å². The molecule has 0 radical (unpaired) electrons. The highest BCUT2D eigenvalue weighted by molar-refractivity contribution is 7.89. The third-order valence-electron chi connectivity index (χ3n) is 7.05. The number of ether oxygens (including phenoxy) is 2. The monoisotopic (exact) mass is 537 g/mol. The van der Waals surface area contributed by atoms with E-state index in [1.54, 1.807) is 4.90 Å². The Bertz CT molecular complexity index is 1370. The molecule has 0 saturated carbocycles. The van der Waals surface area contributed by atoms with Crippen molar-refractivity contribution in [3.8, 4) is 11.5 Å². The van der Waals surface area contributed by atoms with Gasteiger partial charge in [0, 0.05) is 37.9 Å². The molecule has 1 fully saturated rings. The van der Waals surface area contributed by atoms with Crippen LogP contribution in [0.1, 0.15) is 16.7 Å². The minimum absolute atomic E-state index is 0.000698. The Morgan fingerprint density at radius 3 is 2.24 bits per heavy atom. The summed E-state index contributed by atoms with van der Waals surface area (Å²) in [6.07, 6.45) is 0.239. The van der Waals surface area contributed by atoms with Crippen molar-refractivity contribution in [2.45, 2.75) is 31.2 Å². The smallest absolute Gasteiger partial charge is 0.241 e. The molecule has 3 aromatic carbocycles. The SMILES string of the molecule is COc1ccc(S(=O)(=O)N[C@H](Cc2ccccc2)C(=O)N2CCN(c3cccc(C)c3C)CC2)cc1OC. The Morgan fingerprint density at radius 1 is 0.895 bits per heavy atom. The van der Waals surface area contributed by atoms with Crippen LogP contribution in [0.3, 0.4) is 0 Å². The average Bonchev–Trinajstić information content (AvgIpc) is 2.94. The maximum absolute atomic E-state index is 13.7. The Hall–Kier alpha value is -3.56. The molecule has 0 unspecified atom stereocenters. The zero-order valence-electron chi connectivity index (χ0n) is 22.3. The molecule has 9 heteroatoms. The van der Waals surface area contributed by atoms with E-state index < -0.39 is 16.1 Å². The van der Waals surface area contributed by atoms with Crippen LogP contribution in [0.4, 0.5) is 5.69 Å². The van der Waals surface area contributed by atoms with Crippen LogP contribution in [0.5, 0.6) is 11.5 Å². The maximum atomic E-state index is 13.7. The second-order valence-electron chi connectivity index (χ2n) is 9.41. The molecule has 0 bridgehead atoms. The lowest BCUT2D eigenvalue weighted by molar-refractivity contribution is -0.133. The molecule has 1 aliphatic rings. The number of carbonyl (C=O) groups is 1. The first-order valence-corrected chi connectivity index (χ1v) is 14.1. The predicted molar refractivity (Wildman–Crippen MR) is 149 cm³/mol. The van der Waals surface area contributed by atoms with E-state index in [4.69, 9.17) is 9.47 Å². The zero-order chi connectivity index (χ0) is 27.3. The summed E-state index contributed by atoms with van der Waals surface area (Å²) in [7, 11) is -1.10. The number of nitrogens with one attached hydrogen (secondary N) is 1. The van der Waals surface area contributed by atoms with Crippen molar-refractivity contribution < 1.29 is 22.7 Å². The Labute approximate surface area is 225 Å². The van der Waals surface area contributed by atoms with Crippen molar-refractivity contribution in [2.24, 2.45) is 0 Å². The normalized spacial score (nSPS) is 14.7. The summed E-state index contributed by atoms with van der Waals surface area (Å²) in [6, 6.07) is 19.1. The molecule has 0 spiro atoms. The summed E-state index contributed by atoms with van der Waals surface area (Å²) < 4.78 is 40.0. The number of hydrogen-bond donors (Lipinski definition) is 1. The molecule has 1 atom stereocenters. The van der Waals surface area contributed by atoms with Crippen LogP contribution in [-0.4, -0.2) is 65.7 Å². The third-order valence-corrected chi connectivity index (χ3v) is 8.52. The molecule has 0 aromatic heterocycles. The number of carbonyl (C=O) groups excluding carboxylic acids is 1. The number of amides is 1. The highest BCUT2D eigenvalue weighted by Crippen LogP contribution is 2.30. The number of anilines is 1. The molecule has 38 heavy (non-hydrogen) atoms. The van der Waals surface area contributed by atoms with Crippen LogP contribution < -0.4 is 19.1 Å². The van der Waals surface area contributed by atoms with Gasteiger partial charge in [0.05, 0.1) is 19.1 Å². The van der Waals surface area contributed by atoms with Gasteiger partial charge in [-0.3, -0.25) is 4.79 Å². The van der Waals surface area contributed by atoms with Crippen LogP contribution in [0, 0.1) is 13.8 Å². The van der Waals surface area contributed by atoms with Crippen molar-refractivity contribution in [3.05, 3.63) is 83.4 Å². The van der Waals surface area contributed by atoms with Crippen LogP contribution in [-0.2, 0) is 21.2 Å². The molecular formula is C29H35N3O5S. The Morgan fingerprint density at radius 2 is 1.58 bits per heavy atom. The van der Waals surface area contributed by atoms with E-state index in [2.05, 4.69) is 35.6 Å². The molecule has 1 N–H and O–H groups in total. The van der Waals surface area contributed by atoms with Crippen molar-refractivity contribution in [1.82, 2.24) is 9.62 Å². The molecule has 202 valence electrons. The second kappa shape index (κ2) is 11.9. The van der Waals surface area contributed by atoms with Gasteiger partial charge in [-0.2, -0.15) is 4.72 Å². The molecule has 1 heterocycles. The largest absolute Gasteiger partial charge is 0.493 e. The van der Waals surface area contributed by atoms with Crippen molar-refractivity contribution in [1.29, 1.82) is 0 Å². The highest BCUT2D eigenvalue weighted by Gasteiger charge is 2.32. The van der Waals surface area contributed by atoms with Crippen LogP contribution in [0.15, 0.2) is 71.6 Å². The molecule has 1 saturated heterocycles. The number of hydrogen-bond acceptors (Lipinski definition) is 6. The Balaban J connectivity index is 1.54. The lowest BCUT2D eigenvalue weighted by Crippen LogP contribution is -2.55. The topological polar surface area (TPSA) is 88.2 Å². The van der Waals surface area contributed by atoms with Gasteiger partial charge in [0.2, 0.25) is 15.9 Å². The first kappa shape index (κ1) is 27.5. The number of methoxy groups -OCH3 is 2. The van der Waals surface area contributed by atoms with Gasteiger partial charge in [0.25, 0.3) is 0 Å². The second-order valence-corrected chi connectivity index (χ2v) is 11.1. The van der Waals surface area contributed by atoms with Crippen LogP contribution >= 0.6 is 0 Å². The molecule has 0 aliphatic carbocycles. The number of aryl methyl sites for hydroxylation is 1. The van der Waals surface area contributed by atoms with E-state index in [1.165, 1.54) is 49.2 Å². The van der Waals surface area contributed by atoms with Gasteiger partial charge >= 0.3 is 0 Å². The first-order valence-electron chi connectivity index (χ1n) is 12.6. The Kier molecular flexibility index (Phi) is 8.58. The number of rotatable bonds is 9. The van der Waals surface area contributed by atoms with E-state index >= 15 is 0 Å². The lowest BCUT2D eigenvalue weighted by atomic mass is 10.0. The highest BCUT2D eigenvalue weighted by atomic mass is 32.2. The summed E-state index contributed by atoms with van der Waals surface area (Å²) in [6.45, 7) is 6.58. The maximum Gasteiger partial charge on any atom is 0.241 e. The number of benzene rings is 3. The summed E-state index contributed by atoms with van der Waals surface area (Å²) in [4.78, 5) is 17.8. The van der Waals surface area contributed by atoms with Gasteiger partial charge in [-0.05, 0) is 55.2 Å². The summed E-state index contributed by atoms with van der Waals surface area (Å²) in [5.74, 6) is 0.479. The van der Waals surface area contributed by atoms with Gasteiger partial charge in [0.15, 0.2) is 11.5 Å². The van der Waals surface area contributed by atoms with E-state index in [-0.39, 0.29) is 17.2 Å². The fourth-order valence-corrected chi connectivity index (χ4v) is 5.94. The summed E-state index contributed by atoms with van der Waals surface area (Å²) in [5.41, 5.74) is 4.51. The standard InChI is InChI=1S/C29H35N3O5S/c1-21-9-8-12-26(22(21)2)31-15-17-32(18-16-31)29(33)25(19-23-10-6-5-7-11-23)30-38(34,35)24-13-14-27(36-3)28(20-24)37-4/h5-14,20,25,30H,15-19H2,1-4H3/t25-/m1/s1. The first-order chi connectivity index (χ1) is 18.2. The lowest BCUT2D eigenvalue weighted by Gasteiger charge is -2.38. The zero-order valence-corrected chi connectivity index (χ0v) is 23.1. The fraction of sp³-hybridized carbons (Fsp3) is 0.345. The molecule has 8 nitrogen and oxygen atoms in total. The van der Waals surface area contributed by atoms with E-state index in [9.17, 15) is 13.2 Å². The van der Waals surface area contributed by atoms with Crippen LogP contribution in [0.25, 0.3) is 0 Å². The number of nitrogens with zero attached hydrogens (tertiary/aromatic N) is 2. The molecule has 1 amide bonds. The molecular weight excluding hydrogens is 502 g/mol. The minimum Gasteiger partial charge on any atom is -0.493 e. The summed E-state index contributed by atoms with van der Waals surface area (Å²) >= 11 is 0. The van der Waals surface area contributed by atoms with Gasteiger partial charge in [-0.1, -0.05) is 42.5 Å². The molecule has 4 rings (SSSR count). The molecule has 3 aromatic rings.